The van der Waals surface area contributed by atoms with Gasteiger partial charge in [0.05, 0.1) is 11.4 Å². The molecule has 0 saturated carbocycles. The fraction of sp³-hybridized carbons (Fsp3) is 0.167. The Labute approximate surface area is 125 Å². The van der Waals surface area contributed by atoms with Gasteiger partial charge in [0.15, 0.2) is 0 Å². The Balaban J connectivity index is 1.97. The molecule has 0 atom stereocenters. The maximum atomic E-state index is 6.34. The van der Waals surface area contributed by atoms with Crippen LogP contribution in [-0.4, -0.2) is 12.0 Å². The van der Waals surface area contributed by atoms with Crippen molar-refractivity contribution in [2.45, 2.75) is 13.5 Å². The van der Waals surface area contributed by atoms with Crippen LogP contribution in [0.3, 0.4) is 0 Å². The summed E-state index contributed by atoms with van der Waals surface area (Å²) in [7, 11) is 2.07. The molecule has 2 N–H and O–H groups in total. The average Bonchev–Trinajstić information content (AvgIpc) is 2.50. The van der Waals surface area contributed by atoms with E-state index in [0.29, 0.717) is 0 Å². The maximum Gasteiger partial charge on any atom is 0.0632 e. The van der Waals surface area contributed by atoms with E-state index in [4.69, 9.17) is 5.73 Å². The molecular formula is C18H19N3. The van der Waals surface area contributed by atoms with Gasteiger partial charge in [-0.05, 0) is 30.2 Å². The minimum absolute atomic E-state index is 0.811. The highest BCUT2D eigenvalue weighted by Gasteiger charge is 2.10. The number of aryl methyl sites for hydroxylation is 1. The van der Waals surface area contributed by atoms with Crippen LogP contribution in [0.1, 0.15) is 11.1 Å². The fourth-order valence-electron chi connectivity index (χ4n) is 2.64. The average molecular weight is 277 g/mol. The second-order valence-electron chi connectivity index (χ2n) is 5.38. The lowest BCUT2D eigenvalue weighted by molar-refractivity contribution is 0.917. The molecule has 0 aliphatic heterocycles. The first-order valence-electron chi connectivity index (χ1n) is 7.04. The number of pyridine rings is 1. The summed E-state index contributed by atoms with van der Waals surface area (Å²) in [6, 6.07) is 14.5. The summed E-state index contributed by atoms with van der Waals surface area (Å²) in [5.74, 6) is 0. The number of hydrogen-bond donors (Lipinski definition) is 1. The van der Waals surface area contributed by atoms with Crippen LogP contribution in [0.25, 0.3) is 10.8 Å². The van der Waals surface area contributed by atoms with Crippen LogP contribution in [0, 0.1) is 6.92 Å². The molecule has 1 heterocycles. The van der Waals surface area contributed by atoms with Gasteiger partial charge >= 0.3 is 0 Å². The summed E-state index contributed by atoms with van der Waals surface area (Å²) in [4.78, 5) is 6.33. The van der Waals surface area contributed by atoms with Crippen LogP contribution in [-0.2, 0) is 6.54 Å². The molecule has 0 spiro atoms. The molecule has 21 heavy (non-hydrogen) atoms. The molecule has 106 valence electrons. The Morgan fingerprint density at radius 3 is 2.71 bits per heavy atom. The van der Waals surface area contributed by atoms with Gasteiger partial charge in [-0.3, -0.25) is 4.98 Å². The van der Waals surface area contributed by atoms with E-state index >= 15 is 0 Å². The van der Waals surface area contributed by atoms with Gasteiger partial charge in [-0.25, -0.2) is 0 Å². The molecule has 2 aromatic carbocycles. The number of fused-ring (bicyclic) bond motifs is 1. The first-order valence-corrected chi connectivity index (χ1v) is 7.04. The Hall–Kier alpha value is -2.55. The normalized spacial score (nSPS) is 10.8. The van der Waals surface area contributed by atoms with Crippen molar-refractivity contribution in [2.24, 2.45) is 0 Å². The zero-order valence-corrected chi connectivity index (χ0v) is 12.4. The van der Waals surface area contributed by atoms with E-state index in [0.717, 1.165) is 28.7 Å². The van der Waals surface area contributed by atoms with Gasteiger partial charge in [-0.1, -0.05) is 30.3 Å². The third kappa shape index (κ3) is 2.55. The van der Waals surface area contributed by atoms with Crippen LogP contribution < -0.4 is 10.6 Å². The Morgan fingerprint density at radius 1 is 1.10 bits per heavy atom. The van der Waals surface area contributed by atoms with E-state index in [1.807, 2.05) is 12.3 Å². The quantitative estimate of drug-likeness (QED) is 0.741. The topological polar surface area (TPSA) is 42.2 Å². The highest BCUT2D eigenvalue weighted by Crippen LogP contribution is 2.31. The number of anilines is 2. The summed E-state index contributed by atoms with van der Waals surface area (Å²) in [5, 5.41) is 2.13. The number of rotatable bonds is 3. The number of nitrogens with zero attached hydrogens (tertiary/aromatic N) is 2. The minimum atomic E-state index is 0.811. The molecule has 0 amide bonds. The van der Waals surface area contributed by atoms with Crippen LogP contribution in [0.15, 0.2) is 54.9 Å². The van der Waals surface area contributed by atoms with Crippen LogP contribution in [0.2, 0.25) is 0 Å². The smallest absolute Gasteiger partial charge is 0.0632 e. The molecule has 0 unspecified atom stereocenters. The van der Waals surface area contributed by atoms with E-state index < -0.39 is 0 Å². The van der Waals surface area contributed by atoms with Crippen molar-refractivity contribution in [3.63, 3.8) is 0 Å². The van der Waals surface area contributed by atoms with Crippen molar-refractivity contribution in [1.29, 1.82) is 0 Å². The molecule has 1 aromatic heterocycles. The number of nitrogens with two attached hydrogens (primary N) is 1. The van der Waals surface area contributed by atoms with Crippen LogP contribution >= 0.6 is 0 Å². The van der Waals surface area contributed by atoms with Crippen molar-refractivity contribution in [2.75, 3.05) is 17.7 Å². The Morgan fingerprint density at radius 2 is 1.90 bits per heavy atom. The van der Waals surface area contributed by atoms with Gasteiger partial charge in [0.1, 0.15) is 0 Å². The summed E-state index contributed by atoms with van der Waals surface area (Å²) >= 11 is 0. The van der Waals surface area contributed by atoms with Crippen molar-refractivity contribution in [1.82, 2.24) is 4.98 Å². The van der Waals surface area contributed by atoms with Gasteiger partial charge in [0.25, 0.3) is 0 Å². The molecule has 3 nitrogen and oxygen atoms in total. The first kappa shape index (κ1) is 13.4. The molecule has 0 fully saturated rings. The SMILES string of the molecule is Cc1ccccc1CN(C)c1ccc2cnccc2c1N. The van der Waals surface area contributed by atoms with Crippen LogP contribution in [0.5, 0.6) is 0 Å². The monoisotopic (exact) mass is 277 g/mol. The third-order valence-corrected chi connectivity index (χ3v) is 3.92. The van der Waals surface area contributed by atoms with E-state index in [1.54, 1.807) is 6.20 Å². The molecule has 3 aromatic rings. The molecule has 0 saturated heterocycles. The van der Waals surface area contributed by atoms with Crippen molar-refractivity contribution in [3.8, 4) is 0 Å². The second-order valence-corrected chi connectivity index (χ2v) is 5.38. The lowest BCUT2D eigenvalue weighted by atomic mass is 10.1. The number of aromatic nitrogens is 1. The van der Waals surface area contributed by atoms with Crippen molar-refractivity contribution in [3.05, 3.63) is 66.0 Å². The molecule has 3 heteroatoms. The van der Waals surface area contributed by atoms with Gasteiger partial charge in [0, 0.05) is 36.8 Å². The highest BCUT2D eigenvalue weighted by atomic mass is 15.1. The van der Waals surface area contributed by atoms with Crippen molar-refractivity contribution < 1.29 is 0 Å². The molecule has 3 rings (SSSR count). The van der Waals surface area contributed by atoms with E-state index in [2.05, 4.69) is 60.3 Å². The lowest BCUT2D eigenvalue weighted by Crippen LogP contribution is -2.18. The number of nitrogen functional groups attached to an aromatic ring is 1. The Bertz CT molecular complexity index is 780. The zero-order chi connectivity index (χ0) is 14.8. The fourth-order valence-corrected chi connectivity index (χ4v) is 2.64. The lowest BCUT2D eigenvalue weighted by Gasteiger charge is -2.23. The molecule has 0 aliphatic carbocycles. The minimum Gasteiger partial charge on any atom is -0.397 e. The van der Waals surface area contributed by atoms with Gasteiger partial charge in [0.2, 0.25) is 0 Å². The zero-order valence-electron chi connectivity index (χ0n) is 12.4. The molecule has 0 bridgehead atoms. The van der Waals surface area contributed by atoms with Gasteiger partial charge in [-0.2, -0.15) is 0 Å². The summed E-state index contributed by atoms with van der Waals surface area (Å²) < 4.78 is 0. The third-order valence-electron chi connectivity index (χ3n) is 3.92. The predicted octanol–water partition coefficient (Wildman–Crippen LogP) is 3.76. The standard InChI is InChI=1S/C18H19N3/c1-13-5-3-4-6-15(13)12-21(2)17-8-7-14-11-20-10-9-16(14)18(17)19/h3-11H,12,19H2,1-2H3. The second kappa shape index (κ2) is 5.44. The van der Waals surface area contributed by atoms with E-state index in [-0.39, 0.29) is 0 Å². The van der Waals surface area contributed by atoms with Crippen molar-refractivity contribution >= 4 is 22.1 Å². The van der Waals surface area contributed by atoms with E-state index in [9.17, 15) is 0 Å². The number of benzene rings is 2. The summed E-state index contributed by atoms with van der Waals surface area (Å²) in [6.45, 7) is 2.98. The number of hydrogen-bond acceptors (Lipinski definition) is 3. The maximum absolute atomic E-state index is 6.34. The molecule has 0 radical (unpaired) electrons. The largest absolute Gasteiger partial charge is 0.397 e. The molecule has 0 aliphatic rings. The van der Waals surface area contributed by atoms with Gasteiger partial charge in [-0.15, -0.1) is 0 Å². The van der Waals surface area contributed by atoms with E-state index in [1.165, 1.54) is 11.1 Å². The summed E-state index contributed by atoms with van der Waals surface area (Å²) in [6.07, 6.45) is 3.63. The first-order chi connectivity index (χ1) is 10.2. The predicted molar refractivity (Wildman–Crippen MR) is 89.4 cm³/mol. The Kier molecular flexibility index (Phi) is 3.48. The summed E-state index contributed by atoms with van der Waals surface area (Å²) in [5.41, 5.74) is 10.8. The molecular weight excluding hydrogens is 258 g/mol. The van der Waals surface area contributed by atoms with Gasteiger partial charge < -0.3 is 10.6 Å². The van der Waals surface area contributed by atoms with Crippen LogP contribution in [0.4, 0.5) is 11.4 Å². The highest BCUT2D eigenvalue weighted by molar-refractivity contribution is 5.98.